The zero-order chi connectivity index (χ0) is 11.6. The smallest absolute Gasteiger partial charge is 0.237 e. The van der Waals surface area contributed by atoms with Crippen LogP contribution in [0, 0.1) is 5.92 Å². The molecule has 0 aromatic carbocycles. The second kappa shape index (κ2) is 4.72. The van der Waals surface area contributed by atoms with E-state index in [4.69, 9.17) is 0 Å². The van der Waals surface area contributed by atoms with Crippen molar-refractivity contribution in [2.45, 2.75) is 50.7 Å². The van der Waals surface area contributed by atoms with Gasteiger partial charge in [0, 0.05) is 6.54 Å². The van der Waals surface area contributed by atoms with Crippen LogP contribution in [0.15, 0.2) is 0 Å². The second-order valence-corrected chi connectivity index (χ2v) is 5.35. The number of amides is 1. The van der Waals surface area contributed by atoms with Crippen LogP contribution in [0.25, 0.3) is 0 Å². The predicted octanol–water partition coefficient (Wildman–Crippen LogP) is 0.406. The van der Waals surface area contributed by atoms with Crippen LogP contribution in [0.2, 0.25) is 0 Å². The highest BCUT2D eigenvalue weighted by Crippen LogP contribution is 2.28. The number of aliphatic hydroxyl groups is 1. The van der Waals surface area contributed by atoms with E-state index in [9.17, 15) is 9.90 Å². The lowest BCUT2D eigenvalue weighted by Gasteiger charge is -2.24. The first-order chi connectivity index (χ1) is 7.61. The van der Waals surface area contributed by atoms with Crippen molar-refractivity contribution in [1.29, 1.82) is 0 Å². The van der Waals surface area contributed by atoms with Gasteiger partial charge in [-0.3, -0.25) is 4.79 Å². The van der Waals surface area contributed by atoms with Crippen LogP contribution in [0.4, 0.5) is 0 Å². The highest BCUT2D eigenvalue weighted by molar-refractivity contribution is 5.82. The van der Waals surface area contributed by atoms with Crippen molar-refractivity contribution in [2.75, 3.05) is 13.1 Å². The largest absolute Gasteiger partial charge is 0.388 e. The summed E-state index contributed by atoms with van der Waals surface area (Å²) in [4.78, 5) is 11.9. The van der Waals surface area contributed by atoms with Crippen molar-refractivity contribution < 1.29 is 9.90 Å². The summed E-state index contributed by atoms with van der Waals surface area (Å²) in [5, 5.41) is 16.2. The Morgan fingerprint density at radius 3 is 2.75 bits per heavy atom. The van der Waals surface area contributed by atoms with Crippen LogP contribution in [-0.2, 0) is 4.79 Å². The molecule has 1 aliphatic carbocycles. The van der Waals surface area contributed by atoms with Gasteiger partial charge in [-0.05, 0) is 31.7 Å². The number of carbonyl (C=O) groups excluding carboxylic acids is 1. The summed E-state index contributed by atoms with van der Waals surface area (Å²) in [7, 11) is 0. The van der Waals surface area contributed by atoms with E-state index in [1.165, 1.54) is 0 Å². The minimum atomic E-state index is -0.641. The summed E-state index contributed by atoms with van der Waals surface area (Å²) in [6.45, 7) is 3.43. The Kier molecular flexibility index (Phi) is 3.50. The molecule has 2 fully saturated rings. The lowest BCUT2D eigenvalue weighted by atomic mass is 10.0. The van der Waals surface area contributed by atoms with Gasteiger partial charge < -0.3 is 15.7 Å². The standard InChI is InChI=1S/C12H22N2O2/c1-9-4-7-13-10(9)11(15)14-8-12(16)5-2-3-6-12/h9-10,13,16H,2-8H2,1H3,(H,14,15). The molecule has 2 atom stereocenters. The number of rotatable bonds is 3. The van der Waals surface area contributed by atoms with Crippen molar-refractivity contribution in [3.05, 3.63) is 0 Å². The van der Waals surface area contributed by atoms with E-state index in [-0.39, 0.29) is 11.9 Å². The third-order valence-corrected chi connectivity index (χ3v) is 3.94. The maximum Gasteiger partial charge on any atom is 0.237 e. The molecule has 1 aliphatic heterocycles. The predicted molar refractivity (Wildman–Crippen MR) is 62.0 cm³/mol. The highest BCUT2D eigenvalue weighted by atomic mass is 16.3. The van der Waals surface area contributed by atoms with Crippen LogP contribution in [0.1, 0.15) is 39.0 Å². The zero-order valence-electron chi connectivity index (χ0n) is 9.96. The molecular weight excluding hydrogens is 204 g/mol. The molecular formula is C12H22N2O2. The van der Waals surface area contributed by atoms with Gasteiger partial charge in [-0.2, -0.15) is 0 Å². The Morgan fingerprint density at radius 2 is 2.19 bits per heavy atom. The first kappa shape index (κ1) is 11.9. The van der Waals surface area contributed by atoms with Crippen molar-refractivity contribution in [3.63, 3.8) is 0 Å². The third-order valence-electron chi connectivity index (χ3n) is 3.94. The fourth-order valence-corrected chi connectivity index (χ4v) is 2.76. The maximum absolute atomic E-state index is 11.9. The van der Waals surface area contributed by atoms with Gasteiger partial charge >= 0.3 is 0 Å². The van der Waals surface area contributed by atoms with Gasteiger partial charge in [0.05, 0.1) is 11.6 Å². The normalized spacial score (nSPS) is 32.9. The molecule has 0 aromatic rings. The van der Waals surface area contributed by atoms with Crippen LogP contribution in [0.3, 0.4) is 0 Å². The summed E-state index contributed by atoms with van der Waals surface area (Å²) in [6, 6.07) is -0.0648. The van der Waals surface area contributed by atoms with Crippen molar-refractivity contribution in [3.8, 4) is 0 Å². The quantitative estimate of drug-likeness (QED) is 0.653. The van der Waals surface area contributed by atoms with E-state index in [1.807, 2.05) is 0 Å². The summed E-state index contributed by atoms with van der Waals surface area (Å²) in [6.07, 6.45) is 4.85. The molecule has 4 nitrogen and oxygen atoms in total. The van der Waals surface area contributed by atoms with Crippen LogP contribution in [0.5, 0.6) is 0 Å². The molecule has 92 valence electrons. The Hall–Kier alpha value is -0.610. The molecule has 0 radical (unpaired) electrons. The number of hydrogen-bond donors (Lipinski definition) is 3. The first-order valence-corrected chi connectivity index (χ1v) is 6.34. The van der Waals surface area contributed by atoms with Crippen LogP contribution >= 0.6 is 0 Å². The van der Waals surface area contributed by atoms with Crippen molar-refractivity contribution >= 4 is 5.91 Å². The Balaban J connectivity index is 1.79. The topological polar surface area (TPSA) is 61.4 Å². The molecule has 1 amide bonds. The zero-order valence-corrected chi connectivity index (χ0v) is 9.96. The van der Waals surface area contributed by atoms with E-state index >= 15 is 0 Å². The number of nitrogens with one attached hydrogen (secondary N) is 2. The van der Waals surface area contributed by atoms with E-state index in [1.54, 1.807) is 0 Å². The van der Waals surface area contributed by atoms with Gasteiger partial charge in [0.15, 0.2) is 0 Å². The Bertz CT molecular complexity index is 262. The molecule has 1 saturated heterocycles. The van der Waals surface area contributed by atoms with Gasteiger partial charge in [0.25, 0.3) is 0 Å². The highest BCUT2D eigenvalue weighted by Gasteiger charge is 2.34. The van der Waals surface area contributed by atoms with Gasteiger partial charge in [-0.15, -0.1) is 0 Å². The van der Waals surface area contributed by atoms with Gasteiger partial charge in [0.1, 0.15) is 0 Å². The molecule has 1 saturated carbocycles. The molecule has 2 rings (SSSR count). The molecule has 0 aromatic heterocycles. The molecule has 2 aliphatic rings. The van der Waals surface area contributed by atoms with E-state index in [0.29, 0.717) is 12.5 Å². The fourth-order valence-electron chi connectivity index (χ4n) is 2.76. The average Bonchev–Trinajstić information content (AvgIpc) is 2.85. The minimum absolute atomic E-state index is 0.0466. The lowest BCUT2D eigenvalue weighted by Crippen LogP contribution is -2.48. The molecule has 16 heavy (non-hydrogen) atoms. The third kappa shape index (κ3) is 2.55. The van der Waals surface area contributed by atoms with Gasteiger partial charge in [-0.25, -0.2) is 0 Å². The Labute approximate surface area is 96.8 Å². The van der Waals surface area contributed by atoms with E-state index < -0.39 is 5.60 Å². The molecule has 4 heteroatoms. The fraction of sp³-hybridized carbons (Fsp3) is 0.917. The Morgan fingerprint density at radius 1 is 1.50 bits per heavy atom. The maximum atomic E-state index is 11.9. The molecule has 2 unspecified atom stereocenters. The summed E-state index contributed by atoms with van der Waals surface area (Å²) in [5.41, 5.74) is -0.641. The lowest BCUT2D eigenvalue weighted by molar-refractivity contribution is -0.124. The second-order valence-electron chi connectivity index (χ2n) is 5.35. The average molecular weight is 226 g/mol. The van der Waals surface area contributed by atoms with E-state index in [0.717, 1.165) is 38.6 Å². The van der Waals surface area contributed by atoms with Crippen LogP contribution in [-0.4, -0.2) is 35.7 Å². The SMILES string of the molecule is CC1CCNC1C(=O)NCC1(O)CCCC1. The minimum Gasteiger partial charge on any atom is -0.388 e. The van der Waals surface area contributed by atoms with E-state index in [2.05, 4.69) is 17.6 Å². The van der Waals surface area contributed by atoms with Crippen molar-refractivity contribution in [1.82, 2.24) is 10.6 Å². The summed E-state index contributed by atoms with van der Waals surface area (Å²) < 4.78 is 0. The molecule has 1 heterocycles. The van der Waals surface area contributed by atoms with Gasteiger partial charge in [0.2, 0.25) is 5.91 Å². The number of hydrogen-bond acceptors (Lipinski definition) is 3. The molecule has 3 N–H and O–H groups in total. The summed E-state index contributed by atoms with van der Waals surface area (Å²) in [5.74, 6) is 0.448. The van der Waals surface area contributed by atoms with Gasteiger partial charge in [-0.1, -0.05) is 19.8 Å². The molecule has 0 spiro atoms. The monoisotopic (exact) mass is 226 g/mol. The summed E-state index contributed by atoms with van der Waals surface area (Å²) >= 11 is 0. The molecule has 0 bridgehead atoms. The van der Waals surface area contributed by atoms with Crippen LogP contribution < -0.4 is 10.6 Å². The number of carbonyl (C=O) groups is 1. The first-order valence-electron chi connectivity index (χ1n) is 6.34. The van der Waals surface area contributed by atoms with Crippen molar-refractivity contribution in [2.24, 2.45) is 5.92 Å².